The summed E-state index contributed by atoms with van der Waals surface area (Å²) in [5.74, 6) is -1.32. The van der Waals surface area contributed by atoms with E-state index in [-0.39, 0.29) is 11.3 Å². The van der Waals surface area contributed by atoms with Crippen molar-refractivity contribution in [1.82, 2.24) is 20.2 Å². The summed E-state index contributed by atoms with van der Waals surface area (Å²) >= 11 is 0. The molecule has 0 radical (unpaired) electrons. The zero-order valence-corrected chi connectivity index (χ0v) is 15.2. The molecule has 0 spiro atoms. The van der Waals surface area contributed by atoms with Gasteiger partial charge in [-0.05, 0) is 48.5 Å². The van der Waals surface area contributed by atoms with Crippen LogP contribution in [0.3, 0.4) is 0 Å². The zero-order chi connectivity index (χ0) is 20.1. The second kappa shape index (κ2) is 8.21. The minimum Gasteiger partial charge on any atom is -0.449 e. The van der Waals surface area contributed by atoms with E-state index in [4.69, 9.17) is 4.74 Å². The summed E-state index contributed by atoms with van der Waals surface area (Å²) in [6, 6.07) is 13.1. The highest BCUT2D eigenvalue weighted by Gasteiger charge is 2.22. The number of para-hydroxylation sites is 1. The number of nitrogens with one attached hydrogen (secondary N) is 1. The molecule has 0 bridgehead atoms. The summed E-state index contributed by atoms with van der Waals surface area (Å²) < 4.78 is 6.61. The Balaban J connectivity index is 1.70. The van der Waals surface area contributed by atoms with Gasteiger partial charge < -0.3 is 10.1 Å². The predicted octanol–water partition coefficient (Wildman–Crippen LogP) is 2.05. The minimum atomic E-state index is -1.06. The van der Waals surface area contributed by atoms with Gasteiger partial charge in [-0.25, -0.2) is 4.79 Å². The van der Waals surface area contributed by atoms with Crippen LogP contribution >= 0.6 is 0 Å². The summed E-state index contributed by atoms with van der Waals surface area (Å²) in [5.41, 5.74) is 1.56. The average molecular weight is 379 g/mol. The highest BCUT2D eigenvalue weighted by molar-refractivity contribution is 6.00. The van der Waals surface area contributed by atoms with Crippen molar-refractivity contribution in [2.45, 2.75) is 20.0 Å². The van der Waals surface area contributed by atoms with Crippen molar-refractivity contribution in [3.8, 4) is 5.69 Å². The van der Waals surface area contributed by atoms with Gasteiger partial charge in [0.25, 0.3) is 5.91 Å². The Labute approximate surface area is 160 Å². The smallest absolute Gasteiger partial charge is 0.341 e. The molecule has 1 heterocycles. The number of carbonyl (C=O) groups is 3. The average Bonchev–Trinajstić information content (AvgIpc) is 3.22. The topological polar surface area (TPSA) is 116 Å². The maximum Gasteiger partial charge on any atom is 0.341 e. The molecule has 1 atom stereocenters. The molecule has 0 fully saturated rings. The van der Waals surface area contributed by atoms with Crippen LogP contribution < -0.4 is 5.32 Å². The van der Waals surface area contributed by atoms with Crippen LogP contribution in [0, 0.1) is 0 Å². The van der Waals surface area contributed by atoms with Crippen LogP contribution in [0.4, 0.5) is 5.69 Å². The molecule has 3 rings (SSSR count). The lowest BCUT2D eigenvalue weighted by atomic mass is 10.1. The van der Waals surface area contributed by atoms with E-state index in [1.807, 2.05) is 0 Å². The fourth-order valence-corrected chi connectivity index (χ4v) is 2.46. The second-order valence-electron chi connectivity index (χ2n) is 5.95. The van der Waals surface area contributed by atoms with Crippen LogP contribution in [-0.4, -0.2) is 44.0 Å². The number of aromatic nitrogens is 4. The van der Waals surface area contributed by atoms with Crippen LogP contribution in [0.2, 0.25) is 0 Å². The van der Waals surface area contributed by atoms with E-state index in [0.29, 0.717) is 16.9 Å². The molecular weight excluding hydrogens is 362 g/mol. The first-order chi connectivity index (χ1) is 13.5. The second-order valence-corrected chi connectivity index (χ2v) is 5.95. The van der Waals surface area contributed by atoms with Crippen LogP contribution in [0.15, 0.2) is 54.9 Å². The largest absolute Gasteiger partial charge is 0.449 e. The number of Topliss-reactive ketones (excluding diaryl/α,β-unsaturated/α-hetero) is 1. The Morgan fingerprint density at radius 3 is 2.61 bits per heavy atom. The third-order valence-electron chi connectivity index (χ3n) is 3.91. The number of amides is 1. The third-order valence-corrected chi connectivity index (χ3v) is 3.91. The summed E-state index contributed by atoms with van der Waals surface area (Å²) in [4.78, 5) is 36.4. The number of benzene rings is 2. The lowest BCUT2D eigenvalue weighted by molar-refractivity contribution is -0.123. The summed E-state index contributed by atoms with van der Waals surface area (Å²) in [5, 5.41) is 13.5. The Morgan fingerprint density at radius 1 is 1.11 bits per heavy atom. The van der Waals surface area contributed by atoms with Crippen molar-refractivity contribution in [3.05, 3.63) is 66.0 Å². The summed E-state index contributed by atoms with van der Waals surface area (Å²) in [7, 11) is 0. The number of hydrogen-bond donors (Lipinski definition) is 1. The molecule has 142 valence electrons. The van der Waals surface area contributed by atoms with E-state index in [0.717, 1.165) is 0 Å². The molecule has 1 aromatic heterocycles. The Bertz CT molecular complexity index is 1020. The number of ether oxygens (including phenoxy) is 1. The van der Waals surface area contributed by atoms with Crippen LogP contribution in [0.5, 0.6) is 0 Å². The molecule has 0 saturated carbocycles. The van der Waals surface area contributed by atoms with Gasteiger partial charge in [0.2, 0.25) is 0 Å². The normalized spacial score (nSPS) is 11.5. The number of anilines is 1. The quantitative estimate of drug-likeness (QED) is 0.515. The SMILES string of the molecule is CC(=O)c1cccc(NC(=O)[C@@H](C)OC(=O)c2ccccc2-n2cnnn2)c1. The molecule has 2 aromatic carbocycles. The monoisotopic (exact) mass is 379 g/mol. The van der Waals surface area contributed by atoms with Crippen LogP contribution in [-0.2, 0) is 9.53 Å². The molecule has 0 aliphatic heterocycles. The molecule has 9 nitrogen and oxygen atoms in total. The first-order valence-electron chi connectivity index (χ1n) is 8.41. The van der Waals surface area contributed by atoms with Crippen LogP contribution in [0.25, 0.3) is 5.69 Å². The van der Waals surface area contributed by atoms with Crippen LogP contribution in [0.1, 0.15) is 34.6 Å². The van der Waals surface area contributed by atoms with Gasteiger partial charge >= 0.3 is 5.97 Å². The Morgan fingerprint density at radius 2 is 1.89 bits per heavy atom. The third kappa shape index (κ3) is 4.26. The Hall–Kier alpha value is -3.88. The predicted molar refractivity (Wildman–Crippen MR) is 99.1 cm³/mol. The highest BCUT2D eigenvalue weighted by atomic mass is 16.5. The molecule has 0 unspecified atom stereocenters. The number of esters is 1. The van der Waals surface area contributed by atoms with Crippen molar-refractivity contribution < 1.29 is 19.1 Å². The number of rotatable bonds is 6. The standard InChI is InChI=1S/C19H17N5O4/c1-12(25)14-6-5-7-15(10-14)21-18(26)13(2)28-19(27)16-8-3-4-9-17(16)24-11-20-22-23-24/h3-11,13H,1-2H3,(H,21,26)/t13-/m1/s1. The first-order valence-corrected chi connectivity index (χ1v) is 8.41. The lowest BCUT2D eigenvalue weighted by Gasteiger charge is -2.15. The molecule has 0 aliphatic carbocycles. The van der Waals surface area contributed by atoms with Crippen molar-refractivity contribution in [2.24, 2.45) is 0 Å². The molecule has 1 N–H and O–H groups in total. The van der Waals surface area contributed by atoms with Gasteiger partial charge in [0.05, 0.1) is 11.3 Å². The van der Waals surface area contributed by atoms with E-state index in [1.54, 1.807) is 48.5 Å². The fraction of sp³-hybridized carbons (Fsp3) is 0.158. The van der Waals surface area contributed by atoms with E-state index in [9.17, 15) is 14.4 Å². The first kappa shape index (κ1) is 18.9. The number of ketones is 1. The van der Waals surface area contributed by atoms with Crippen molar-refractivity contribution in [1.29, 1.82) is 0 Å². The summed E-state index contributed by atoms with van der Waals surface area (Å²) in [6.45, 7) is 2.90. The van der Waals surface area contributed by atoms with Gasteiger partial charge in [0, 0.05) is 11.3 Å². The van der Waals surface area contributed by atoms with Crippen molar-refractivity contribution in [2.75, 3.05) is 5.32 Å². The van der Waals surface area contributed by atoms with Gasteiger partial charge in [-0.15, -0.1) is 5.10 Å². The van der Waals surface area contributed by atoms with Gasteiger partial charge in [-0.3, -0.25) is 9.59 Å². The molecule has 1 amide bonds. The molecular formula is C19H17N5O4. The van der Waals surface area contributed by atoms with Gasteiger partial charge in [0.1, 0.15) is 6.33 Å². The number of nitrogens with zero attached hydrogens (tertiary/aromatic N) is 4. The maximum absolute atomic E-state index is 12.5. The van der Waals surface area contributed by atoms with E-state index >= 15 is 0 Å². The van der Waals surface area contributed by atoms with E-state index in [1.165, 1.54) is 24.9 Å². The number of tetrazole rings is 1. The summed E-state index contributed by atoms with van der Waals surface area (Å²) in [6.07, 6.45) is 0.292. The molecule has 9 heteroatoms. The molecule has 28 heavy (non-hydrogen) atoms. The number of hydrogen-bond acceptors (Lipinski definition) is 7. The fourth-order valence-electron chi connectivity index (χ4n) is 2.46. The maximum atomic E-state index is 12.5. The van der Waals surface area contributed by atoms with E-state index in [2.05, 4.69) is 20.8 Å². The molecule has 3 aromatic rings. The van der Waals surface area contributed by atoms with Crippen molar-refractivity contribution >= 4 is 23.3 Å². The van der Waals surface area contributed by atoms with Gasteiger partial charge in [-0.1, -0.05) is 24.3 Å². The van der Waals surface area contributed by atoms with E-state index < -0.39 is 18.0 Å². The highest BCUT2D eigenvalue weighted by Crippen LogP contribution is 2.16. The lowest BCUT2D eigenvalue weighted by Crippen LogP contribution is -2.30. The molecule has 0 aliphatic rings. The van der Waals surface area contributed by atoms with Crippen molar-refractivity contribution in [3.63, 3.8) is 0 Å². The Kier molecular flexibility index (Phi) is 5.54. The number of carbonyl (C=O) groups excluding carboxylic acids is 3. The molecule has 0 saturated heterocycles. The zero-order valence-electron chi connectivity index (χ0n) is 15.2. The minimum absolute atomic E-state index is 0.116. The van der Waals surface area contributed by atoms with Gasteiger partial charge in [-0.2, -0.15) is 4.68 Å². The van der Waals surface area contributed by atoms with Gasteiger partial charge in [0.15, 0.2) is 11.9 Å².